The van der Waals surface area contributed by atoms with Crippen molar-refractivity contribution in [2.45, 2.75) is 88.9 Å². The van der Waals surface area contributed by atoms with Gasteiger partial charge in [0.05, 0.1) is 6.04 Å². The zero-order valence-corrected chi connectivity index (χ0v) is 23.4. The van der Waals surface area contributed by atoms with Gasteiger partial charge < -0.3 is 20.9 Å². The van der Waals surface area contributed by atoms with Crippen molar-refractivity contribution in [3.05, 3.63) is 71.8 Å². The average Bonchev–Trinajstić information content (AvgIpc) is 3.47. The van der Waals surface area contributed by atoms with Crippen LogP contribution in [0.3, 0.4) is 0 Å². The van der Waals surface area contributed by atoms with Gasteiger partial charge in [-0.2, -0.15) is 0 Å². The second-order valence-electron chi connectivity index (χ2n) is 11.2. The van der Waals surface area contributed by atoms with Gasteiger partial charge in [-0.15, -0.1) is 0 Å². The summed E-state index contributed by atoms with van der Waals surface area (Å²) in [5.74, 6) is -0.284. The Morgan fingerprint density at radius 2 is 1.41 bits per heavy atom. The number of carbonyl (C=O) groups excluding carboxylic acids is 3. The summed E-state index contributed by atoms with van der Waals surface area (Å²) in [5, 5.41) is 9.32. The number of nitrogens with one attached hydrogen (secondary N) is 3. The van der Waals surface area contributed by atoms with Crippen LogP contribution in [0.1, 0.15) is 63.0 Å². The summed E-state index contributed by atoms with van der Waals surface area (Å²) in [4.78, 5) is 42.3. The quantitative estimate of drug-likeness (QED) is 0.412. The molecule has 2 aliphatic rings. The molecule has 7 heteroatoms. The summed E-state index contributed by atoms with van der Waals surface area (Å²) in [6.45, 7) is 2.34. The van der Waals surface area contributed by atoms with Crippen molar-refractivity contribution in [3.63, 3.8) is 0 Å². The van der Waals surface area contributed by atoms with Crippen LogP contribution in [0.15, 0.2) is 60.7 Å². The van der Waals surface area contributed by atoms with Gasteiger partial charge >= 0.3 is 0 Å². The molecule has 1 saturated heterocycles. The van der Waals surface area contributed by atoms with E-state index < -0.39 is 18.1 Å². The highest BCUT2D eigenvalue weighted by Crippen LogP contribution is 2.29. The molecule has 3 N–H and O–H groups in total. The highest BCUT2D eigenvalue weighted by molar-refractivity contribution is 5.93. The summed E-state index contributed by atoms with van der Waals surface area (Å²) in [6, 6.07) is 18.8. The lowest BCUT2D eigenvalue weighted by molar-refractivity contribution is -0.143. The SMILES string of the molecule is CN[C@@H](C)C(=O)N[C@H](C(=O)N1CCC[C@H]1C(=O)NC(Cc1ccccc1)Cc1ccccc1)C1CCCCC1. The number of amides is 3. The van der Waals surface area contributed by atoms with Crippen molar-refractivity contribution in [2.24, 2.45) is 5.92 Å². The van der Waals surface area contributed by atoms with E-state index in [9.17, 15) is 14.4 Å². The van der Waals surface area contributed by atoms with Gasteiger partial charge in [-0.05, 0) is 69.5 Å². The topological polar surface area (TPSA) is 90.5 Å². The number of carbonyl (C=O) groups is 3. The van der Waals surface area contributed by atoms with Gasteiger partial charge in [0.2, 0.25) is 17.7 Å². The van der Waals surface area contributed by atoms with E-state index in [-0.39, 0.29) is 29.7 Å². The van der Waals surface area contributed by atoms with Gasteiger partial charge in [-0.3, -0.25) is 14.4 Å². The monoisotopic (exact) mass is 532 g/mol. The van der Waals surface area contributed by atoms with E-state index in [1.54, 1.807) is 18.9 Å². The zero-order valence-electron chi connectivity index (χ0n) is 23.4. The molecule has 210 valence electrons. The summed E-state index contributed by atoms with van der Waals surface area (Å²) in [5.41, 5.74) is 2.33. The van der Waals surface area contributed by atoms with E-state index in [2.05, 4.69) is 40.2 Å². The van der Waals surface area contributed by atoms with Crippen LogP contribution in [0.25, 0.3) is 0 Å². The minimum absolute atomic E-state index is 0.0924. The standard InChI is InChI=1S/C32H44N4O3/c1-23(33-2)30(37)35-29(26-17-10-5-11-18-26)32(39)36-20-12-19-28(36)31(38)34-27(21-24-13-6-3-7-14-24)22-25-15-8-4-9-16-25/h3-4,6-9,13-16,23,26-29,33H,5,10-12,17-22H2,1-2H3,(H,34,38)(H,35,37)/t23-,28-,29-/m0/s1. The van der Waals surface area contributed by atoms with Crippen LogP contribution in [0.4, 0.5) is 0 Å². The molecule has 0 unspecified atom stereocenters. The summed E-state index contributed by atoms with van der Waals surface area (Å²) in [7, 11) is 1.74. The molecule has 2 aromatic rings. The number of nitrogens with zero attached hydrogens (tertiary/aromatic N) is 1. The third-order valence-corrected chi connectivity index (χ3v) is 8.35. The number of hydrogen-bond acceptors (Lipinski definition) is 4. The minimum atomic E-state index is -0.591. The van der Waals surface area contributed by atoms with Gasteiger partial charge in [-0.1, -0.05) is 79.9 Å². The van der Waals surface area contributed by atoms with Crippen molar-refractivity contribution in [1.82, 2.24) is 20.9 Å². The molecule has 0 bridgehead atoms. The van der Waals surface area contributed by atoms with Crippen molar-refractivity contribution >= 4 is 17.7 Å². The zero-order chi connectivity index (χ0) is 27.6. The van der Waals surface area contributed by atoms with E-state index in [1.807, 2.05) is 36.4 Å². The Kier molecular flexibility index (Phi) is 10.5. The van der Waals surface area contributed by atoms with E-state index in [1.165, 1.54) is 0 Å². The number of benzene rings is 2. The Morgan fingerprint density at radius 3 is 1.97 bits per heavy atom. The van der Waals surface area contributed by atoms with E-state index in [0.29, 0.717) is 25.8 Å². The van der Waals surface area contributed by atoms with Gasteiger partial charge in [0, 0.05) is 12.6 Å². The largest absolute Gasteiger partial charge is 0.351 e. The predicted octanol–water partition coefficient (Wildman–Crippen LogP) is 3.62. The third kappa shape index (κ3) is 7.91. The third-order valence-electron chi connectivity index (χ3n) is 8.35. The van der Waals surface area contributed by atoms with Crippen molar-refractivity contribution in [1.29, 1.82) is 0 Å². The Labute approximate surface area is 233 Å². The second kappa shape index (κ2) is 14.3. The lowest BCUT2D eigenvalue weighted by Gasteiger charge is -2.35. The minimum Gasteiger partial charge on any atom is -0.351 e. The average molecular weight is 533 g/mol. The maximum atomic E-state index is 14.0. The Hall–Kier alpha value is -3.19. The van der Waals surface area contributed by atoms with Crippen LogP contribution in [0.5, 0.6) is 0 Å². The molecule has 1 saturated carbocycles. The van der Waals surface area contributed by atoms with Crippen molar-refractivity contribution < 1.29 is 14.4 Å². The molecule has 0 aromatic heterocycles. The maximum absolute atomic E-state index is 14.0. The first-order valence-corrected chi connectivity index (χ1v) is 14.6. The fourth-order valence-electron chi connectivity index (χ4n) is 6.01. The smallest absolute Gasteiger partial charge is 0.246 e. The molecule has 0 spiro atoms. The number of likely N-dealkylation sites (tertiary alicyclic amines) is 1. The molecule has 4 rings (SSSR count). The number of likely N-dealkylation sites (N-methyl/N-ethyl adjacent to an activating group) is 1. The molecule has 2 aromatic carbocycles. The van der Waals surface area contributed by atoms with E-state index in [0.717, 1.165) is 49.7 Å². The van der Waals surface area contributed by atoms with Crippen LogP contribution in [-0.2, 0) is 27.2 Å². The Morgan fingerprint density at radius 1 is 0.821 bits per heavy atom. The van der Waals surface area contributed by atoms with Crippen LogP contribution in [-0.4, -0.2) is 60.4 Å². The maximum Gasteiger partial charge on any atom is 0.246 e. The Bertz CT molecular complexity index is 1030. The van der Waals surface area contributed by atoms with Gasteiger partial charge in [0.25, 0.3) is 0 Å². The molecular weight excluding hydrogens is 488 g/mol. The lowest BCUT2D eigenvalue weighted by atomic mass is 9.83. The second-order valence-corrected chi connectivity index (χ2v) is 11.2. The molecule has 1 heterocycles. The summed E-state index contributed by atoms with van der Waals surface area (Å²) >= 11 is 0. The number of hydrogen-bond donors (Lipinski definition) is 3. The molecule has 1 aliphatic carbocycles. The van der Waals surface area contributed by atoms with E-state index in [4.69, 9.17) is 0 Å². The first-order valence-electron chi connectivity index (χ1n) is 14.6. The normalized spacial score (nSPS) is 19.5. The van der Waals surface area contributed by atoms with Crippen LogP contribution >= 0.6 is 0 Å². The van der Waals surface area contributed by atoms with Crippen LogP contribution in [0.2, 0.25) is 0 Å². The Balaban J connectivity index is 1.49. The van der Waals surface area contributed by atoms with Gasteiger partial charge in [0.15, 0.2) is 0 Å². The fraction of sp³-hybridized carbons (Fsp3) is 0.531. The predicted molar refractivity (Wildman–Crippen MR) is 154 cm³/mol. The summed E-state index contributed by atoms with van der Waals surface area (Å²) < 4.78 is 0. The lowest BCUT2D eigenvalue weighted by Crippen LogP contribution is -2.58. The molecule has 3 atom stereocenters. The van der Waals surface area contributed by atoms with Gasteiger partial charge in [-0.25, -0.2) is 0 Å². The first kappa shape index (κ1) is 28.8. The van der Waals surface area contributed by atoms with Crippen LogP contribution in [0, 0.1) is 5.92 Å². The highest BCUT2D eigenvalue weighted by atomic mass is 16.2. The van der Waals surface area contributed by atoms with Gasteiger partial charge in [0.1, 0.15) is 12.1 Å². The number of rotatable bonds is 11. The van der Waals surface area contributed by atoms with E-state index >= 15 is 0 Å². The fourth-order valence-corrected chi connectivity index (χ4v) is 6.01. The molecule has 7 nitrogen and oxygen atoms in total. The molecule has 3 amide bonds. The van der Waals surface area contributed by atoms with Crippen LogP contribution < -0.4 is 16.0 Å². The molecule has 39 heavy (non-hydrogen) atoms. The molecular formula is C32H44N4O3. The first-order chi connectivity index (χ1) is 19.0. The molecule has 2 fully saturated rings. The van der Waals surface area contributed by atoms with Crippen molar-refractivity contribution in [2.75, 3.05) is 13.6 Å². The highest BCUT2D eigenvalue weighted by Gasteiger charge is 2.41. The summed E-state index contributed by atoms with van der Waals surface area (Å²) in [6.07, 6.45) is 7.99. The molecule has 1 aliphatic heterocycles. The molecule has 0 radical (unpaired) electrons. The van der Waals surface area contributed by atoms with Crippen molar-refractivity contribution in [3.8, 4) is 0 Å².